The van der Waals surface area contributed by atoms with Gasteiger partial charge in [-0.25, -0.2) is 4.98 Å². The van der Waals surface area contributed by atoms with Crippen LogP contribution in [0.3, 0.4) is 0 Å². The fourth-order valence-corrected chi connectivity index (χ4v) is 2.46. The largest absolute Gasteiger partial charge is 0.460 e. The van der Waals surface area contributed by atoms with Gasteiger partial charge in [0.2, 0.25) is 11.9 Å². The first kappa shape index (κ1) is 13.8. The molecule has 21 heavy (non-hydrogen) atoms. The van der Waals surface area contributed by atoms with E-state index in [4.69, 9.17) is 4.74 Å². The molecular formula is C14H20N6O. The molecule has 2 heterocycles. The van der Waals surface area contributed by atoms with Crippen molar-refractivity contribution >= 4 is 5.95 Å². The molecular weight excluding hydrogens is 268 g/mol. The summed E-state index contributed by atoms with van der Waals surface area (Å²) in [5.41, 5.74) is 0. The minimum atomic E-state index is 0.214. The zero-order valence-corrected chi connectivity index (χ0v) is 12.2. The topological polar surface area (TPSA) is 77.8 Å². The van der Waals surface area contributed by atoms with Gasteiger partial charge in [-0.3, -0.25) is 4.57 Å². The van der Waals surface area contributed by atoms with Crippen LogP contribution in [0, 0.1) is 0 Å². The normalized spacial score (nSPS) is 15.9. The van der Waals surface area contributed by atoms with E-state index < -0.39 is 0 Å². The van der Waals surface area contributed by atoms with Crippen LogP contribution in [0.1, 0.15) is 39.0 Å². The average molecular weight is 288 g/mol. The second-order valence-corrected chi connectivity index (χ2v) is 5.12. The van der Waals surface area contributed by atoms with Crippen molar-refractivity contribution in [2.45, 2.75) is 45.1 Å². The van der Waals surface area contributed by atoms with Crippen LogP contribution in [0.2, 0.25) is 0 Å². The number of hydrogen-bond donors (Lipinski definition) is 1. The minimum absolute atomic E-state index is 0.214. The highest BCUT2D eigenvalue weighted by molar-refractivity contribution is 5.30. The van der Waals surface area contributed by atoms with E-state index in [1.54, 1.807) is 23.3 Å². The summed E-state index contributed by atoms with van der Waals surface area (Å²) < 4.78 is 7.69. The summed E-state index contributed by atoms with van der Waals surface area (Å²) in [6.45, 7) is 2.75. The maximum absolute atomic E-state index is 5.95. The summed E-state index contributed by atoms with van der Waals surface area (Å²) in [6.07, 6.45) is 11.2. The quantitative estimate of drug-likeness (QED) is 0.908. The molecule has 7 nitrogen and oxygen atoms in total. The van der Waals surface area contributed by atoms with E-state index in [2.05, 4.69) is 25.3 Å². The van der Waals surface area contributed by atoms with E-state index in [0.717, 1.165) is 19.4 Å². The number of nitrogens with zero attached hydrogens (tertiary/aromatic N) is 5. The summed E-state index contributed by atoms with van der Waals surface area (Å²) in [5, 5.41) is 3.11. The van der Waals surface area contributed by atoms with Crippen LogP contribution in [-0.2, 0) is 0 Å². The summed E-state index contributed by atoms with van der Waals surface area (Å²) in [6, 6.07) is 0.386. The van der Waals surface area contributed by atoms with Gasteiger partial charge in [0.25, 0.3) is 0 Å². The Labute approximate surface area is 123 Å². The van der Waals surface area contributed by atoms with Gasteiger partial charge in [0.05, 0.1) is 0 Å². The molecule has 3 rings (SSSR count). The predicted octanol–water partition coefficient (Wildman–Crippen LogP) is 2.20. The van der Waals surface area contributed by atoms with E-state index in [1.807, 2.05) is 6.92 Å². The first-order valence-corrected chi connectivity index (χ1v) is 7.50. The highest BCUT2D eigenvalue weighted by atomic mass is 16.5. The summed E-state index contributed by atoms with van der Waals surface area (Å²) in [5.74, 6) is 1.05. The maximum Gasteiger partial charge on any atom is 0.323 e. The lowest BCUT2D eigenvalue weighted by Crippen LogP contribution is -2.21. The van der Waals surface area contributed by atoms with E-state index in [-0.39, 0.29) is 6.10 Å². The van der Waals surface area contributed by atoms with Crippen LogP contribution in [-0.4, -0.2) is 37.2 Å². The van der Waals surface area contributed by atoms with Crippen molar-refractivity contribution in [3.63, 3.8) is 0 Å². The molecule has 0 amide bonds. The Morgan fingerprint density at radius 3 is 2.81 bits per heavy atom. The molecule has 0 spiro atoms. The third-order valence-electron chi connectivity index (χ3n) is 3.50. The fourth-order valence-electron chi connectivity index (χ4n) is 2.46. The Kier molecular flexibility index (Phi) is 4.28. The highest BCUT2D eigenvalue weighted by Crippen LogP contribution is 2.22. The van der Waals surface area contributed by atoms with Gasteiger partial charge in [0.15, 0.2) is 0 Å². The number of imidazole rings is 1. The minimum Gasteiger partial charge on any atom is -0.460 e. The molecule has 1 fully saturated rings. The lowest BCUT2D eigenvalue weighted by Gasteiger charge is -2.22. The highest BCUT2D eigenvalue weighted by Gasteiger charge is 2.17. The molecule has 0 atom stereocenters. The number of rotatable bonds is 5. The van der Waals surface area contributed by atoms with Crippen LogP contribution in [0.5, 0.6) is 6.01 Å². The van der Waals surface area contributed by atoms with Crippen LogP contribution in [0.4, 0.5) is 5.95 Å². The third kappa shape index (κ3) is 3.48. The third-order valence-corrected chi connectivity index (χ3v) is 3.50. The summed E-state index contributed by atoms with van der Waals surface area (Å²) >= 11 is 0. The van der Waals surface area contributed by atoms with Crippen molar-refractivity contribution in [3.8, 4) is 12.0 Å². The van der Waals surface area contributed by atoms with Crippen LogP contribution in [0.25, 0.3) is 5.95 Å². The van der Waals surface area contributed by atoms with Crippen molar-refractivity contribution in [3.05, 3.63) is 18.7 Å². The Morgan fingerprint density at radius 2 is 2.10 bits per heavy atom. The molecule has 0 unspecified atom stereocenters. The second-order valence-electron chi connectivity index (χ2n) is 5.12. The van der Waals surface area contributed by atoms with Crippen LogP contribution < -0.4 is 10.1 Å². The molecule has 0 radical (unpaired) electrons. The summed E-state index contributed by atoms with van der Waals surface area (Å²) in [4.78, 5) is 17.1. The molecule has 0 saturated heterocycles. The van der Waals surface area contributed by atoms with Crippen LogP contribution in [0.15, 0.2) is 18.7 Å². The molecule has 2 aromatic heterocycles. The Balaban J connectivity index is 1.84. The van der Waals surface area contributed by atoms with Crippen molar-refractivity contribution < 1.29 is 4.74 Å². The van der Waals surface area contributed by atoms with Gasteiger partial charge >= 0.3 is 6.01 Å². The molecule has 1 N–H and O–H groups in total. The Hall–Kier alpha value is -2.18. The maximum atomic E-state index is 5.95. The number of anilines is 1. The van der Waals surface area contributed by atoms with Crippen LogP contribution >= 0.6 is 0 Å². The molecule has 0 aliphatic heterocycles. The SMILES string of the molecule is CCNc1nc(OC2CCCCC2)nc(-n2ccnc2)n1. The number of hydrogen-bond acceptors (Lipinski definition) is 6. The van der Waals surface area contributed by atoms with Gasteiger partial charge in [0, 0.05) is 18.9 Å². The second kappa shape index (κ2) is 6.51. The standard InChI is InChI=1S/C14H20N6O/c1-2-16-12-17-13(20-9-8-15-10-20)19-14(18-12)21-11-6-4-3-5-7-11/h8-11H,2-7H2,1H3,(H,16,17,18,19). The number of nitrogens with one attached hydrogen (secondary N) is 1. The van der Waals surface area contributed by atoms with Crippen molar-refractivity contribution in [1.29, 1.82) is 0 Å². The molecule has 7 heteroatoms. The number of ether oxygens (including phenoxy) is 1. The Bertz CT molecular complexity index is 565. The monoisotopic (exact) mass is 288 g/mol. The molecule has 2 aromatic rings. The van der Waals surface area contributed by atoms with E-state index in [9.17, 15) is 0 Å². The first-order chi connectivity index (χ1) is 10.3. The van der Waals surface area contributed by atoms with Gasteiger partial charge in [-0.1, -0.05) is 6.42 Å². The van der Waals surface area contributed by atoms with Gasteiger partial charge in [-0.05, 0) is 32.6 Å². The fraction of sp³-hybridized carbons (Fsp3) is 0.571. The molecule has 112 valence electrons. The lowest BCUT2D eigenvalue weighted by molar-refractivity contribution is 0.141. The summed E-state index contributed by atoms with van der Waals surface area (Å²) in [7, 11) is 0. The zero-order valence-electron chi connectivity index (χ0n) is 12.2. The zero-order chi connectivity index (χ0) is 14.5. The molecule has 1 saturated carbocycles. The molecule has 0 bridgehead atoms. The van der Waals surface area contributed by atoms with Crippen molar-refractivity contribution in [1.82, 2.24) is 24.5 Å². The van der Waals surface area contributed by atoms with Gasteiger partial charge in [0.1, 0.15) is 12.4 Å². The van der Waals surface area contributed by atoms with Gasteiger partial charge < -0.3 is 10.1 Å². The Morgan fingerprint density at radius 1 is 1.24 bits per heavy atom. The smallest absolute Gasteiger partial charge is 0.323 e. The molecule has 1 aliphatic rings. The van der Waals surface area contributed by atoms with E-state index in [1.165, 1.54) is 19.3 Å². The van der Waals surface area contributed by atoms with Crippen molar-refractivity contribution in [2.24, 2.45) is 0 Å². The molecule has 0 aromatic carbocycles. The van der Waals surface area contributed by atoms with Gasteiger partial charge in [-0.15, -0.1) is 0 Å². The predicted molar refractivity (Wildman–Crippen MR) is 78.6 cm³/mol. The first-order valence-electron chi connectivity index (χ1n) is 7.50. The van der Waals surface area contributed by atoms with Crippen molar-refractivity contribution in [2.75, 3.05) is 11.9 Å². The van der Waals surface area contributed by atoms with Gasteiger partial charge in [-0.2, -0.15) is 15.0 Å². The molecule has 1 aliphatic carbocycles. The van der Waals surface area contributed by atoms with E-state index in [0.29, 0.717) is 17.9 Å². The number of aromatic nitrogens is 5. The average Bonchev–Trinajstić information content (AvgIpc) is 3.03. The van der Waals surface area contributed by atoms with E-state index >= 15 is 0 Å². The lowest BCUT2D eigenvalue weighted by atomic mass is 9.98.